The van der Waals surface area contributed by atoms with Gasteiger partial charge >= 0.3 is 5.69 Å². The minimum absolute atomic E-state index is 0.125. The van der Waals surface area contributed by atoms with Crippen LogP contribution < -0.4 is 4.74 Å². The molecule has 0 bridgehead atoms. The number of nitrogens with zero attached hydrogens (tertiary/aromatic N) is 1. The van der Waals surface area contributed by atoms with Crippen molar-refractivity contribution >= 4 is 49.1 Å². The van der Waals surface area contributed by atoms with Crippen molar-refractivity contribution in [2.24, 2.45) is 0 Å². The van der Waals surface area contributed by atoms with Crippen LogP contribution in [0.25, 0.3) is 0 Å². The summed E-state index contributed by atoms with van der Waals surface area (Å²) >= 11 is 12.7. The van der Waals surface area contributed by atoms with E-state index in [4.69, 9.17) is 16.3 Å². The number of nitro benzene ring substituents is 1. The van der Waals surface area contributed by atoms with Gasteiger partial charge in [0.2, 0.25) is 5.75 Å². The minimum atomic E-state index is -0.495. The topological polar surface area (TPSA) is 52.4 Å². The van der Waals surface area contributed by atoms with Crippen LogP contribution in [-0.2, 0) is 5.33 Å². The van der Waals surface area contributed by atoms with Gasteiger partial charge < -0.3 is 4.74 Å². The Labute approximate surface area is 137 Å². The van der Waals surface area contributed by atoms with Crippen LogP contribution in [0.2, 0.25) is 5.02 Å². The van der Waals surface area contributed by atoms with Crippen LogP contribution in [0.1, 0.15) is 5.56 Å². The zero-order chi connectivity index (χ0) is 14.7. The number of para-hydroxylation sites is 2. The maximum Gasteiger partial charge on any atom is 0.312 e. The van der Waals surface area contributed by atoms with E-state index in [1.165, 1.54) is 6.07 Å². The highest BCUT2D eigenvalue weighted by molar-refractivity contribution is 9.10. The van der Waals surface area contributed by atoms with Gasteiger partial charge in [-0.2, -0.15) is 0 Å². The molecule has 0 saturated carbocycles. The molecule has 2 aromatic carbocycles. The van der Waals surface area contributed by atoms with Gasteiger partial charge in [0, 0.05) is 17.0 Å². The number of hydrogen-bond acceptors (Lipinski definition) is 3. The van der Waals surface area contributed by atoms with Crippen LogP contribution in [0, 0.1) is 10.1 Å². The largest absolute Gasteiger partial charge is 0.447 e. The van der Waals surface area contributed by atoms with Crippen molar-refractivity contribution in [1.82, 2.24) is 0 Å². The van der Waals surface area contributed by atoms with Crippen molar-refractivity contribution in [1.29, 1.82) is 0 Å². The second-order valence-corrected chi connectivity index (χ2v) is 5.63. The average Bonchev–Trinajstić information content (AvgIpc) is 2.42. The third-order valence-electron chi connectivity index (χ3n) is 2.54. The average molecular weight is 421 g/mol. The van der Waals surface area contributed by atoms with Gasteiger partial charge in [0.15, 0.2) is 0 Å². The van der Waals surface area contributed by atoms with E-state index in [9.17, 15) is 10.1 Å². The Morgan fingerprint density at radius 1 is 1.20 bits per heavy atom. The molecule has 20 heavy (non-hydrogen) atoms. The Kier molecular flexibility index (Phi) is 5.01. The van der Waals surface area contributed by atoms with E-state index in [1.807, 2.05) is 6.07 Å². The number of rotatable bonds is 4. The smallest absolute Gasteiger partial charge is 0.312 e. The lowest BCUT2D eigenvalue weighted by atomic mass is 10.2. The van der Waals surface area contributed by atoms with Gasteiger partial charge in [0.1, 0.15) is 5.75 Å². The molecule has 0 radical (unpaired) electrons. The summed E-state index contributed by atoms with van der Waals surface area (Å²) in [5.74, 6) is 0.536. The monoisotopic (exact) mass is 419 g/mol. The van der Waals surface area contributed by atoms with Crippen LogP contribution in [0.4, 0.5) is 5.69 Å². The van der Waals surface area contributed by atoms with Gasteiger partial charge in [-0.25, -0.2) is 0 Å². The highest BCUT2D eigenvalue weighted by Gasteiger charge is 2.20. The van der Waals surface area contributed by atoms with Gasteiger partial charge in [0.05, 0.1) is 14.4 Å². The second-order valence-electron chi connectivity index (χ2n) is 3.81. The molecule has 0 heterocycles. The van der Waals surface area contributed by atoms with Gasteiger partial charge in [-0.05, 0) is 28.1 Å². The van der Waals surface area contributed by atoms with E-state index in [0.717, 1.165) is 5.56 Å². The van der Waals surface area contributed by atoms with Crippen LogP contribution >= 0.6 is 43.5 Å². The van der Waals surface area contributed by atoms with Gasteiger partial charge in [-0.15, -0.1) is 0 Å². The number of hydrogen-bond donors (Lipinski definition) is 0. The molecule has 0 aliphatic rings. The fourth-order valence-corrected chi connectivity index (χ4v) is 2.73. The molecule has 0 unspecified atom stereocenters. The molecule has 0 fully saturated rings. The molecule has 0 atom stereocenters. The summed E-state index contributed by atoms with van der Waals surface area (Å²) in [6, 6.07) is 9.93. The first-order chi connectivity index (χ1) is 9.54. The molecule has 0 aliphatic carbocycles. The fraction of sp³-hybridized carbons (Fsp3) is 0.0769. The van der Waals surface area contributed by atoms with Gasteiger partial charge in [0.25, 0.3) is 0 Å². The SMILES string of the molecule is O=[N+]([O-])c1cccc(Br)c1Oc1c(Cl)cccc1CBr. The molecule has 0 aromatic heterocycles. The summed E-state index contributed by atoms with van der Waals surface area (Å²) in [5.41, 5.74) is 0.683. The Bertz CT molecular complexity index is 664. The molecule has 0 N–H and O–H groups in total. The lowest BCUT2D eigenvalue weighted by Gasteiger charge is -2.12. The minimum Gasteiger partial charge on any atom is -0.447 e. The Morgan fingerprint density at radius 3 is 2.55 bits per heavy atom. The fourth-order valence-electron chi connectivity index (χ4n) is 1.62. The highest BCUT2D eigenvalue weighted by Crippen LogP contribution is 2.41. The van der Waals surface area contributed by atoms with E-state index in [1.54, 1.807) is 24.3 Å². The summed E-state index contributed by atoms with van der Waals surface area (Å²) in [5, 5.41) is 12.0. The first-order valence-electron chi connectivity index (χ1n) is 5.48. The molecule has 0 saturated heterocycles. The lowest BCUT2D eigenvalue weighted by molar-refractivity contribution is -0.385. The van der Waals surface area contributed by atoms with Crippen molar-refractivity contribution in [2.75, 3.05) is 0 Å². The van der Waals surface area contributed by atoms with Crippen molar-refractivity contribution in [3.8, 4) is 11.5 Å². The Morgan fingerprint density at radius 2 is 1.90 bits per heavy atom. The highest BCUT2D eigenvalue weighted by atomic mass is 79.9. The quantitative estimate of drug-likeness (QED) is 0.362. The van der Waals surface area contributed by atoms with E-state index in [0.29, 0.717) is 20.6 Å². The van der Waals surface area contributed by atoms with E-state index >= 15 is 0 Å². The Balaban J connectivity index is 2.53. The summed E-state index contributed by atoms with van der Waals surface area (Å²) in [7, 11) is 0. The van der Waals surface area contributed by atoms with Crippen molar-refractivity contribution in [2.45, 2.75) is 5.33 Å². The van der Waals surface area contributed by atoms with Crippen LogP contribution in [0.5, 0.6) is 11.5 Å². The molecule has 2 aromatic rings. The van der Waals surface area contributed by atoms with Crippen molar-refractivity contribution < 1.29 is 9.66 Å². The first-order valence-corrected chi connectivity index (χ1v) is 7.78. The van der Waals surface area contributed by atoms with Gasteiger partial charge in [-0.3, -0.25) is 10.1 Å². The number of ether oxygens (including phenoxy) is 1. The lowest BCUT2D eigenvalue weighted by Crippen LogP contribution is -1.96. The summed E-state index contributed by atoms with van der Waals surface area (Å²) in [6.07, 6.45) is 0. The summed E-state index contributed by atoms with van der Waals surface area (Å²) < 4.78 is 6.20. The standard InChI is InChI=1S/C13H8Br2ClNO3/c14-7-8-3-1-5-10(16)12(8)20-13-9(15)4-2-6-11(13)17(18)19/h1-6H,7H2. The number of nitro groups is 1. The predicted octanol–water partition coefficient (Wildman–Crippen LogP) is 5.70. The molecule has 4 nitrogen and oxygen atoms in total. The third kappa shape index (κ3) is 3.13. The van der Waals surface area contributed by atoms with E-state index in [2.05, 4.69) is 31.9 Å². The predicted molar refractivity (Wildman–Crippen MR) is 85.0 cm³/mol. The maximum absolute atomic E-state index is 11.1. The maximum atomic E-state index is 11.1. The molecule has 7 heteroatoms. The van der Waals surface area contributed by atoms with Crippen molar-refractivity contribution in [3.63, 3.8) is 0 Å². The molecule has 0 amide bonds. The van der Waals surface area contributed by atoms with Crippen LogP contribution in [0.3, 0.4) is 0 Å². The van der Waals surface area contributed by atoms with Gasteiger partial charge in [-0.1, -0.05) is 45.7 Å². The van der Waals surface area contributed by atoms with E-state index in [-0.39, 0.29) is 11.4 Å². The summed E-state index contributed by atoms with van der Waals surface area (Å²) in [6.45, 7) is 0. The van der Waals surface area contributed by atoms with E-state index < -0.39 is 4.92 Å². The number of benzene rings is 2. The van der Waals surface area contributed by atoms with Crippen LogP contribution in [0.15, 0.2) is 40.9 Å². The Hall–Kier alpha value is -1.11. The molecular weight excluding hydrogens is 413 g/mol. The normalized spacial score (nSPS) is 10.3. The van der Waals surface area contributed by atoms with Crippen LogP contribution in [-0.4, -0.2) is 4.92 Å². The zero-order valence-corrected chi connectivity index (χ0v) is 13.9. The molecule has 104 valence electrons. The molecule has 0 spiro atoms. The second kappa shape index (κ2) is 6.56. The molecule has 0 aliphatic heterocycles. The third-order valence-corrected chi connectivity index (χ3v) is 4.07. The van der Waals surface area contributed by atoms with Crippen molar-refractivity contribution in [3.05, 3.63) is 61.6 Å². The molecule has 2 rings (SSSR count). The number of halogens is 3. The molecular formula is C13H8Br2ClNO3. The summed E-state index contributed by atoms with van der Waals surface area (Å²) in [4.78, 5) is 10.6. The number of alkyl halides is 1. The first kappa shape index (κ1) is 15.3. The zero-order valence-electron chi connectivity index (χ0n) is 9.98.